The topological polar surface area (TPSA) is 32.3 Å². The summed E-state index contributed by atoms with van der Waals surface area (Å²) in [7, 11) is 5.34. The first-order chi connectivity index (χ1) is 4.66. The first-order valence-corrected chi connectivity index (χ1v) is 3.52. The average molecular weight is 146 g/mol. The lowest BCUT2D eigenvalue weighted by Crippen LogP contribution is -2.30. The quantitative estimate of drug-likeness (QED) is 0.608. The second-order valence-corrected chi connectivity index (χ2v) is 1.91. The highest BCUT2D eigenvalue weighted by Crippen LogP contribution is 1.70. The fourth-order valence-electron chi connectivity index (χ4n) is 0.366. The minimum absolute atomic E-state index is 0.0509. The molecular weight excluding hydrogens is 128 g/mol. The van der Waals surface area contributed by atoms with Gasteiger partial charge in [-0.1, -0.05) is 13.8 Å². The van der Waals surface area contributed by atoms with E-state index in [9.17, 15) is 4.79 Å². The van der Waals surface area contributed by atoms with Crippen LogP contribution in [-0.2, 0) is 4.79 Å². The largest absolute Gasteiger partial charge is 0.358 e. The van der Waals surface area contributed by atoms with Crippen molar-refractivity contribution in [1.82, 2.24) is 10.2 Å². The Kier molecular flexibility index (Phi) is 10.2. The van der Waals surface area contributed by atoms with Gasteiger partial charge in [-0.05, 0) is 14.1 Å². The third-order valence-corrected chi connectivity index (χ3v) is 0.739. The van der Waals surface area contributed by atoms with Gasteiger partial charge < -0.3 is 10.2 Å². The molecule has 0 aromatic carbocycles. The molecule has 0 spiro atoms. The van der Waals surface area contributed by atoms with Crippen LogP contribution in [0.1, 0.15) is 13.8 Å². The Morgan fingerprint density at radius 3 is 1.90 bits per heavy atom. The van der Waals surface area contributed by atoms with Gasteiger partial charge in [0.05, 0.1) is 6.54 Å². The predicted molar refractivity (Wildman–Crippen MR) is 44.0 cm³/mol. The van der Waals surface area contributed by atoms with Crippen molar-refractivity contribution < 1.29 is 4.79 Å². The molecule has 0 bridgehead atoms. The minimum atomic E-state index is 0.0509. The van der Waals surface area contributed by atoms with Crippen molar-refractivity contribution >= 4 is 5.91 Å². The molecule has 62 valence electrons. The molecule has 0 saturated heterocycles. The van der Waals surface area contributed by atoms with Gasteiger partial charge >= 0.3 is 0 Å². The number of carbonyl (C=O) groups is 1. The Morgan fingerprint density at radius 1 is 1.40 bits per heavy atom. The molecule has 0 rings (SSSR count). The Bertz CT molecular complexity index is 81.7. The van der Waals surface area contributed by atoms with Gasteiger partial charge in [-0.2, -0.15) is 0 Å². The van der Waals surface area contributed by atoms with Gasteiger partial charge in [0.1, 0.15) is 0 Å². The molecule has 3 heteroatoms. The lowest BCUT2D eigenvalue weighted by molar-refractivity contribution is -0.121. The number of nitrogens with one attached hydrogen (secondary N) is 1. The Labute approximate surface area is 63.4 Å². The summed E-state index contributed by atoms with van der Waals surface area (Å²) in [5.41, 5.74) is 0. The van der Waals surface area contributed by atoms with E-state index in [0.717, 1.165) is 0 Å². The number of hydrogen-bond acceptors (Lipinski definition) is 2. The SMILES string of the molecule is CC.CNC(=O)CN(C)C. The summed E-state index contributed by atoms with van der Waals surface area (Å²) < 4.78 is 0. The molecule has 0 aliphatic rings. The van der Waals surface area contributed by atoms with Crippen LogP contribution in [0, 0.1) is 0 Å². The van der Waals surface area contributed by atoms with E-state index in [-0.39, 0.29) is 5.91 Å². The first kappa shape index (κ1) is 12.1. The second-order valence-electron chi connectivity index (χ2n) is 1.91. The molecule has 1 amide bonds. The third kappa shape index (κ3) is 10.4. The zero-order valence-electron chi connectivity index (χ0n) is 7.56. The van der Waals surface area contributed by atoms with E-state index >= 15 is 0 Å². The Morgan fingerprint density at radius 2 is 1.80 bits per heavy atom. The number of likely N-dealkylation sites (N-methyl/N-ethyl adjacent to an activating group) is 2. The maximum atomic E-state index is 10.5. The summed E-state index contributed by atoms with van der Waals surface area (Å²) in [6.07, 6.45) is 0. The van der Waals surface area contributed by atoms with E-state index in [1.807, 2.05) is 32.8 Å². The van der Waals surface area contributed by atoms with Gasteiger partial charge in [0.15, 0.2) is 0 Å². The van der Waals surface area contributed by atoms with Crippen molar-refractivity contribution in [3.63, 3.8) is 0 Å². The zero-order chi connectivity index (χ0) is 8.57. The fraction of sp³-hybridized carbons (Fsp3) is 0.857. The fourth-order valence-corrected chi connectivity index (χ4v) is 0.366. The normalized spacial score (nSPS) is 8.20. The summed E-state index contributed by atoms with van der Waals surface area (Å²) in [5.74, 6) is 0.0509. The van der Waals surface area contributed by atoms with Crippen molar-refractivity contribution in [2.75, 3.05) is 27.7 Å². The molecule has 0 atom stereocenters. The maximum absolute atomic E-state index is 10.5. The van der Waals surface area contributed by atoms with Gasteiger partial charge in [-0.25, -0.2) is 0 Å². The highest BCUT2D eigenvalue weighted by Gasteiger charge is 1.96. The van der Waals surface area contributed by atoms with Crippen LogP contribution in [0.4, 0.5) is 0 Å². The second kappa shape index (κ2) is 8.43. The maximum Gasteiger partial charge on any atom is 0.233 e. The first-order valence-electron chi connectivity index (χ1n) is 3.52. The standard InChI is InChI=1S/C5H12N2O.C2H6/c1-6-5(8)4-7(2)3;1-2/h4H2,1-3H3,(H,6,8);1-2H3. The van der Waals surface area contributed by atoms with E-state index in [4.69, 9.17) is 0 Å². The number of carbonyl (C=O) groups excluding carboxylic acids is 1. The van der Waals surface area contributed by atoms with E-state index < -0.39 is 0 Å². The molecule has 1 N–H and O–H groups in total. The third-order valence-electron chi connectivity index (χ3n) is 0.739. The van der Waals surface area contributed by atoms with Crippen LogP contribution in [0.3, 0.4) is 0 Å². The number of hydrogen-bond donors (Lipinski definition) is 1. The highest BCUT2D eigenvalue weighted by atomic mass is 16.1. The van der Waals surface area contributed by atoms with Crippen LogP contribution in [0.15, 0.2) is 0 Å². The van der Waals surface area contributed by atoms with Crippen molar-refractivity contribution in [3.8, 4) is 0 Å². The van der Waals surface area contributed by atoms with Crippen LogP contribution in [0.5, 0.6) is 0 Å². The molecule has 0 fully saturated rings. The molecule has 0 aromatic rings. The summed E-state index contributed by atoms with van der Waals surface area (Å²) in [6, 6.07) is 0. The molecule has 0 radical (unpaired) electrons. The molecule has 3 nitrogen and oxygen atoms in total. The summed E-state index contributed by atoms with van der Waals surface area (Å²) >= 11 is 0. The van der Waals surface area contributed by atoms with Gasteiger partial charge in [0, 0.05) is 7.05 Å². The zero-order valence-corrected chi connectivity index (χ0v) is 7.56. The predicted octanol–water partition coefficient (Wildman–Crippen LogP) is 0.320. The van der Waals surface area contributed by atoms with Crippen LogP contribution < -0.4 is 5.32 Å². The highest BCUT2D eigenvalue weighted by molar-refractivity contribution is 5.77. The molecular formula is C7H18N2O. The minimum Gasteiger partial charge on any atom is -0.358 e. The summed E-state index contributed by atoms with van der Waals surface area (Å²) in [6.45, 7) is 4.47. The molecule has 0 aliphatic carbocycles. The van der Waals surface area contributed by atoms with Crippen molar-refractivity contribution in [2.24, 2.45) is 0 Å². The Hall–Kier alpha value is -0.570. The van der Waals surface area contributed by atoms with Gasteiger partial charge in [0.2, 0.25) is 5.91 Å². The molecule has 0 saturated carbocycles. The molecule has 0 aromatic heterocycles. The smallest absolute Gasteiger partial charge is 0.233 e. The average Bonchev–Trinajstić information content (AvgIpc) is 1.91. The summed E-state index contributed by atoms with van der Waals surface area (Å²) in [4.78, 5) is 12.3. The van der Waals surface area contributed by atoms with E-state index in [1.165, 1.54) is 0 Å². The van der Waals surface area contributed by atoms with Gasteiger partial charge in [-0.15, -0.1) is 0 Å². The van der Waals surface area contributed by atoms with Crippen LogP contribution >= 0.6 is 0 Å². The monoisotopic (exact) mass is 146 g/mol. The van der Waals surface area contributed by atoms with E-state index in [0.29, 0.717) is 6.54 Å². The van der Waals surface area contributed by atoms with Gasteiger partial charge in [0.25, 0.3) is 0 Å². The van der Waals surface area contributed by atoms with E-state index in [2.05, 4.69) is 5.32 Å². The van der Waals surface area contributed by atoms with Crippen LogP contribution in [0.25, 0.3) is 0 Å². The Balaban J connectivity index is 0. The van der Waals surface area contributed by atoms with Crippen molar-refractivity contribution in [1.29, 1.82) is 0 Å². The van der Waals surface area contributed by atoms with Gasteiger partial charge in [-0.3, -0.25) is 4.79 Å². The van der Waals surface area contributed by atoms with Crippen LogP contribution in [0.2, 0.25) is 0 Å². The molecule has 0 aliphatic heterocycles. The molecule has 10 heavy (non-hydrogen) atoms. The summed E-state index contributed by atoms with van der Waals surface area (Å²) in [5, 5.41) is 2.52. The number of amides is 1. The lowest BCUT2D eigenvalue weighted by Gasteiger charge is -2.05. The van der Waals surface area contributed by atoms with Crippen molar-refractivity contribution in [3.05, 3.63) is 0 Å². The lowest BCUT2D eigenvalue weighted by atomic mass is 10.5. The number of rotatable bonds is 2. The molecule has 0 heterocycles. The van der Waals surface area contributed by atoms with E-state index in [1.54, 1.807) is 7.05 Å². The van der Waals surface area contributed by atoms with Crippen molar-refractivity contribution in [2.45, 2.75) is 13.8 Å². The van der Waals surface area contributed by atoms with Crippen LogP contribution in [-0.4, -0.2) is 38.5 Å². The number of nitrogens with zero attached hydrogens (tertiary/aromatic N) is 1. The molecule has 0 unspecified atom stereocenters.